The molecule has 1 heterocycles. The summed E-state index contributed by atoms with van der Waals surface area (Å²) in [4.78, 5) is 41.5. The van der Waals surface area contributed by atoms with E-state index in [9.17, 15) is 19.5 Å². The van der Waals surface area contributed by atoms with Crippen molar-refractivity contribution in [2.75, 3.05) is 12.9 Å². The quantitative estimate of drug-likeness (QED) is 0.362. The molecule has 0 bridgehead atoms. The number of hydrogen-bond acceptors (Lipinski definition) is 7. The molecule has 0 aliphatic rings. The van der Waals surface area contributed by atoms with E-state index in [-0.39, 0.29) is 35.4 Å². The van der Waals surface area contributed by atoms with Gasteiger partial charge in [0.05, 0.1) is 42.0 Å². The maximum absolute atomic E-state index is 12.9. The summed E-state index contributed by atoms with van der Waals surface area (Å²) in [5.74, 6) is -0.587. The lowest BCUT2D eigenvalue weighted by Gasteiger charge is -2.16. The number of hydrogen-bond donors (Lipinski definition) is 2. The highest BCUT2D eigenvalue weighted by molar-refractivity contribution is 7.99. The number of thioether (sulfide) groups is 1. The third-order valence-corrected chi connectivity index (χ3v) is 5.45. The lowest BCUT2D eigenvalue weighted by Crippen LogP contribution is -2.35. The van der Waals surface area contributed by atoms with E-state index in [0.717, 1.165) is 24.6 Å². The molecule has 0 saturated heterocycles. The van der Waals surface area contributed by atoms with Crippen molar-refractivity contribution >= 4 is 34.5 Å². The van der Waals surface area contributed by atoms with Gasteiger partial charge < -0.3 is 15.2 Å². The number of nitrogens with zero attached hydrogens (tertiary/aromatic N) is 2. The van der Waals surface area contributed by atoms with Crippen LogP contribution < -0.4 is 10.9 Å². The van der Waals surface area contributed by atoms with Crippen LogP contribution >= 0.6 is 11.8 Å². The van der Waals surface area contributed by atoms with Crippen molar-refractivity contribution in [1.29, 1.82) is 0 Å². The van der Waals surface area contributed by atoms with Crippen molar-refractivity contribution in [1.82, 2.24) is 14.9 Å². The van der Waals surface area contributed by atoms with E-state index in [1.54, 1.807) is 6.92 Å². The zero-order valence-electron chi connectivity index (χ0n) is 17.1. The zero-order valence-corrected chi connectivity index (χ0v) is 17.9. The predicted molar refractivity (Wildman–Crippen MR) is 112 cm³/mol. The molecule has 2 aromatic rings. The summed E-state index contributed by atoms with van der Waals surface area (Å²) in [6.07, 6.45) is 0.910. The highest BCUT2D eigenvalue weighted by atomic mass is 32.2. The average molecular weight is 422 g/mol. The first kappa shape index (κ1) is 22.9. The molecule has 158 valence electrons. The van der Waals surface area contributed by atoms with E-state index < -0.39 is 12.1 Å². The first-order valence-corrected chi connectivity index (χ1v) is 10.5. The molecular formula is C20H27N3O5S. The van der Waals surface area contributed by atoms with Crippen LogP contribution in [-0.4, -0.2) is 51.5 Å². The van der Waals surface area contributed by atoms with Crippen LogP contribution in [0.2, 0.25) is 0 Å². The number of nitrogens with one attached hydrogen (secondary N) is 1. The molecule has 9 heteroatoms. The maximum atomic E-state index is 12.9. The lowest BCUT2D eigenvalue weighted by atomic mass is 10.1. The predicted octanol–water partition coefficient (Wildman–Crippen LogP) is 1.96. The van der Waals surface area contributed by atoms with E-state index in [1.807, 2.05) is 13.8 Å². The Morgan fingerprint density at radius 1 is 1.31 bits per heavy atom. The number of benzene rings is 1. The second-order valence-electron chi connectivity index (χ2n) is 6.75. The lowest BCUT2D eigenvalue weighted by molar-refractivity contribution is -0.119. The number of methoxy groups -OCH3 is 1. The number of rotatable bonds is 9. The molecular weight excluding hydrogens is 394 g/mol. The van der Waals surface area contributed by atoms with E-state index >= 15 is 0 Å². The van der Waals surface area contributed by atoms with Crippen molar-refractivity contribution in [3.8, 4) is 0 Å². The van der Waals surface area contributed by atoms with Crippen molar-refractivity contribution in [2.45, 2.75) is 57.5 Å². The van der Waals surface area contributed by atoms with Gasteiger partial charge in [0.1, 0.15) is 0 Å². The van der Waals surface area contributed by atoms with Crippen LogP contribution in [-0.2, 0) is 16.1 Å². The summed E-state index contributed by atoms with van der Waals surface area (Å²) in [5, 5.41) is 13.4. The van der Waals surface area contributed by atoms with E-state index in [4.69, 9.17) is 4.74 Å². The summed E-state index contributed by atoms with van der Waals surface area (Å²) >= 11 is 1.12. The fourth-order valence-corrected chi connectivity index (χ4v) is 3.69. The standard InChI is InChI=1S/C20H27N3O5S/c1-5-14(6-2)21-17(25)11-29-20-22-16-9-13(19(27)28-4)7-8-15(16)18(26)23(20)10-12(3)24/h7-9,12,14,24H,5-6,10-11H2,1-4H3,(H,21,25)/t12-/m0/s1. The van der Waals surface area contributed by atoms with Gasteiger partial charge in [0.25, 0.3) is 5.56 Å². The fraction of sp³-hybridized carbons (Fsp3) is 0.500. The van der Waals surface area contributed by atoms with Crippen molar-refractivity contribution in [3.63, 3.8) is 0 Å². The Morgan fingerprint density at radius 2 is 2.00 bits per heavy atom. The molecule has 0 aliphatic heterocycles. The van der Waals surface area contributed by atoms with Gasteiger partial charge in [-0.15, -0.1) is 0 Å². The number of carbonyl (C=O) groups is 2. The fourth-order valence-electron chi connectivity index (χ4n) is 2.87. The number of ether oxygens (including phenoxy) is 1. The van der Waals surface area contributed by atoms with Crippen LogP contribution in [0.1, 0.15) is 44.0 Å². The van der Waals surface area contributed by atoms with Crippen LogP contribution in [0.15, 0.2) is 28.2 Å². The molecule has 2 rings (SSSR count). The molecule has 0 saturated carbocycles. The molecule has 0 spiro atoms. The van der Waals surface area contributed by atoms with Crippen molar-refractivity contribution < 1.29 is 19.4 Å². The first-order chi connectivity index (χ1) is 13.8. The molecule has 2 N–H and O–H groups in total. The number of aliphatic hydroxyl groups is 1. The van der Waals surface area contributed by atoms with Gasteiger partial charge >= 0.3 is 5.97 Å². The Labute approximate surface area is 173 Å². The third kappa shape index (κ3) is 5.80. The summed E-state index contributed by atoms with van der Waals surface area (Å²) in [5.41, 5.74) is 0.278. The molecule has 0 fully saturated rings. The number of amides is 1. The molecule has 1 aromatic carbocycles. The van der Waals surface area contributed by atoms with Gasteiger partial charge in [0.15, 0.2) is 5.16 Å². The highest BCUT2D eigenvalue weighted by Crippen LogP contribution is 2.19. The zero-order chi connectivity index (χ0) is 21.6. The molecule has 0 radical (unpaired) electrons. The largest absolute Gasteiger partial charge is 0.465 e. The molecule has 1 amide bonds. The average Bonchev–Trinajstić information content (AvgIpc) is 2.71. The van der Waals surface area contributed by atoms with E-state index in [0.29, 0.717) is 16.1 Å². The van der Waals surface area contributed by atoms with Crippen molar-refractivity contribution in [3.05, 3.63) is 34.1 Å². The third-order valence-electron chi connectivity index (χ3n) is 4.47. The van der Waals surface area contributed by atoms with Gasteiger partial charge in [-0.2, -0.15) is 0 Å². The number of fused-ring (bicyclic) bond motifs is 1. The van der Waals surface area contributed by atoms with Gasteiger partial charge in [-0.05, 0) is 38.0 Å². The smallest absolute Gasteiger partial charge is 0.337 e. The summed E-state index contributed by atoms with van der Waals surface area (Å²) < 4.78 is 6.08. The Balaban J connectivity index is 2.40. The van der Waals surface area contributed by atoms with Gasteiger partial charge in [-0.25, -0.2) is 9.78 Å². The number of aliphatic hydroxyl groups excluding tert-OH is 1. The van der Waals surface area contributed by atoms with E-state index in [1.165, 1.54) is 29.9 Å². The molecule has 8 nitrogen and oxygen atoms in total. The monoisotopic (exact) mass is 421 g/mol. The molecule has 29 heavy (non-hydrogen) atoms. The Hall–Kier alpha value is -2.39. The summed E-state index contributed by atoms with van der Waals surface area (Å²) in [7, 11) is 1.28. The molecule has 1 atom stereocenters. The number of esters is 1. The Kier molecular flexibility index (Phi) is 8.21. The van der Waals surface area contributed by atoms with Gasteiger partial charge in [0, 0.05) is 6.04 Å². The summed E-state index contributed by atoms with van der Waals surface area (Å²) in [6.45, 7) is 5.64. The normalized spacial score (nSPS) is 12.2. The Morgan fingerprint density at radius 3 is 2.59 bits per heavy atom. The Bertz CT molecular complexity index is 938. The van der Waals surface area contributed by atoms with E-state index in [2.05, 4.69) is 10.3 Å². The minimum Gasteiger partial charge on any atom is -0.465 e. The van der Waals surface area contributed by atoms with Crippen LogP contribution in [0.4, 0.5) is 0 Å². The van der Waals surface area contributed by atoms with Crippen LogP contribution in [0.5, 0.6) is 0 Å². The summed E-state index contributed by atoms with van der Waals surface area (Å²) in [6, 6.07) is 4.61. The maximum Gasteiger partial charge on any atom is 0.337 e. The first-order valence-electron chi connectivity index (χ1n) is 9.53. The minimum absolute atomic E-state index is 0.0526. The second-order valence-corrected chi connectivity index (χ2v) is 7.69. The van der Waals surface area contributed by atoms with Gasteiger partial charge in [0.2, 0.25) is 5.91 Å². The SMILES string of the molecule is CCC(CC)NC(=O)CSc1nc2cc(C(=O)OC)ccc2c(=O)n1C[C@H](C)O. The van der Waals surface area contributed by atoms with Gasteiger partial charge in [-0.3, -0.25) is 14.2 Å². The molecule has 0 unspecified atom stereocenters. The van der Waals surface area contributed by atoms with Gasteiger partial charge in [-0.1, -0.05) is 25.6 Å². The van der Waals surface area contributed by atoms with Crippen LogP contribution in [0, 0.1) is 0 Å². The topological polar surface area (TPSA) is 111 Å². The molecule has 1 aromatic heterocycles. The number of carbonyl (C=O) groups excluding carboxylic acids is 2. The molecule has 0 aliphatic carbocycles. The number of aromatic nitrogens is 2. The van der Waals surface area contributed by atoms with Crippen LogP contribution in [0.25, 0.3) is 10.9 Å². The minimum atomic E-state index is -0.765. The van der Waals surface area contributed by atoms with Crippen molar-refractivity contribution in [2.24, 2.45) is 0 Å². The second kappa shape index (κ2) is 10.4. The highest BCUT2D eigenvalue weighted by Gasteiger charge is 2.17. The van der Waals surface area contributed by atoms with Crippen LogP contribution in [0.3, 0.4) is 0 Å².